The smallest absolute Gasteiger partial charge is 0.307 e. The third kappa shape index (κ3) is 5.78. The van der Waals surface area contributed by atoms with Crippen molar-refractivity contribution in [2.24, 2.45) is 0 Å². The molecule has 0 aromatic heterocycles. The van der Waals surface area contributed by atoms with Crippen molar-refractivity contribution in [3.8, 4) is 11.5 Å². The molecule has 3 aromatic rings. The zero-order chi connectivity index (χ0) is 23.9. The van der Waals surface area contributed by atoms with E-state index in [1.807, 2.05) is 0 Å². The van der Waals surface area contributed by atoms with Gasteiger partial charge >= 0.3 is 5.97 Å². The largest absolute Gasteiger partial charge is 0.486 e. The number of nitrogens with one attached hydrogen (secondary N) is 1. The number of fused-ring (bicyclic) bond motifs is 1. The molecule has 0 bridgehead atoms. The molecule has 1 unspecified atom stereocenters. The molecule has 1 atom stereocenters. The van der Waals surface area contributed by atoms with Crippen LogP contribution in [-0.4, -0.2) is 30.9 Å². The molecule has 1 heterocycles. The van der Waals surface area contributed by atoms with Crippen molar-refractivity contribution in [3.63, 3.8) is 0 Å². The van der Waals surface area contributed by atoms with Crippen LogP contribution in [-0.2, 0) is 14.3 Å². The standard InChI is InChI=1S/C26H22FNO6/c27-19-7-9-20(10-8-19)28-26(31)25(17-4-2-1-3-5-17)34-24(30)13-11-21(29)18-6-12-22-23(16-18)33-15-14-32-22/h1-10,12,16,25H,11,13-15H2,(H,28,31). The summed E-state index contributed by atoms with van der Waals surface area (Å²) in [7, 11) is 0. The number of hydrogen-bond donors (Lipinski definition) is 1. The fourth-order valence-electron chi connectivity index (χ4n) is 3.41. The molecule has 1 aliphatic rings. The first-order chi connectivity index (χ1) is 16.5. The van der Waals surface area contributed by atoms with E-state index >= 15 is 0 Å². The predicted octanol–water partition coefficient (Wildman–Crippen LogP) is 4.48. The number of halogens is 1. The molecule has 0 aliphatic carbocycles. The van der Waals surface area contributed by atoms with Crippen LogP contribution in [0.3, 0.4) is 0 Å². The van der Waals surface area contributed by atoms with Gasteiger partial charge in [-0.25, -0.2) is 4.39 Å². The average Bonchev–Trinajstić information content (AvgIpc) is 2.87. The molecule has 0 radical (unpaired) electrons. The molecule has 174 valence electrons. The summed E-state index contributed by atoms with van der Waals surface area (Å²) in [6.07, 6.45) is -1.54. The maximum atomic E-state index is 13.2. The zero-order valence-corrected chi connectivity index (χ0v) is 18.2. The topological polar surface area (TPSA) is 90.9 Å². The minimum Gasteiger partial charge on any atom is -0.486 e. The first kappa shape index (κ1) is 23.0. The molecule has 8 heteroatoms. The van der Waals surface area contributed by atoms with Crippen LogP contribution in [0.5, 0.6) is 11.5 Å². The predicted molar refractivity (Wildman–Crippen MR) is 121 cm³/mol. The summed E-state index contributed by atoms with van der Waals surface area (Å²) in [6.45, 7) is 0.848. The van der Waals surface area contributed by atoms with Crippen molar-refractivity contribution < 1.29 is 33.0 Å². The molecular formula is C26H22FNO6. The zero-order valence-electron chi connectivity index (χ0n) is 18.2. The number of ketones is 1. The molecule has 0 saturated carbocycles. The lowest BCUT2D eigenvalue weighted by atomic mass is 10.1. The van der Waals surface area contributed by atoms with Crippen molar-refractivity contribution in [2.75, 3.05) is 18.5 Å². The third-order valence-corrected chi connectivity index (χ3v) is 5.12. The Labute approximate surface area is 195 Å². The van der Waals surface area contributed by atoms with E-state index in [9.17, 15) is 18.8 Å². The molecule has 0 saturated heterocycles. The normalized spacial score (nSPS) is 13.0. The lowest BCUT2D eigenvalue weighted by molar-refractivity contribution is -0.154. The second kappa shape index (κ2) is 10.6. The Balaban J connectivity index is 1.39. The Bertz CT molecular complexity index is 1180. The second-order valence-electron chi connectivity index (χ2n) is 7.56. The summed E-state index contributed by atoms with van der Waals surface area (Å²) in [5.41, 5.74) is 1.22. The Morgan fingerprint density at radius 1 is 0.882 bits per heavy atom. The molecule has 0 spiro atoms. The Kier molecular flexibility index (Phi) is 7.17. The van der Waals surface area contributed by atoms with Gasteiger partial charge in [0.1, 0.15) is 19.0 Å². The first-order valence-corrected chi connectivity index (χ1v) is 10.7. The van der Waals surface area contributed by atoms with Gasteiger partial charge in [0.15, 0.2) is 17.3 Å². The van der Waals surface area contributed by atoms with Crippen LogP contribution in [0.25, 0.3) is 0 Å². The van der Waals surface area contributed by atoms with Gasteiger partial charge in [0.2, 0.25) is 6.10 Å². The van der Waals surface area contributed by atoms with Crippen LogP contribution in [0, 0.1) is 5.82 Å². The van der Waals surface area contributed by atoms with Gasteiger partial charge in [0.05, 0.1) is 6.42 Å². The van der Waals surface area contributed by atoms with E-state index < -0.39 is 23.8 Å². The lowest BCUT2D eigenvalue weighted by Crippen LogP contribution is -2.26. The third-order valence-electron chi connectivity index (χ3n) is 5.12. The quantitative estimate of drug-likeness (QED) is 0.391. The number of rotatable bonds is 8. The van der Waals surface area contributed by atoms with Crippen molar-refractivity contribution in [2.45, 2.75) is 18.9 Å². The van der Waals surface area contributed by atoms with Crippen molar-refractivity contribution >= 4 is 23.3 Å². The number of benzene rings is 3. The van der Waals surface area contributed by atoms with Crippen LogP contribution in [0.15, 0.2) is 72.8 Å². The highest BCUT2D eigenvalue weighted by Gasteiger charge is 2.26. The number of esters is 1. The highest BCUT2D eigenvalue weighted by molar-refractivity contribution is 5.99. The number of hydrogen-bond acceptors (Lipinski definition) is 6. The van der Waals surface area contributed by atoms with E-state index in [4.69, 9.17) is 14.2 Å². The summed E-state index contributed by atoms with van der Waals surface area (Å²) >= 11 is 0. The Morgan fingerprint density at radius 2 is 1.59 bits per heavy atom. The average molecular weight is 463 g/mol. The van der Waals surface area contributed by atoms with Crippen LogP contribution in [0.2, 0.25) is 0 Å². The minimum absolute atomic E-state index is 0.0977. The van der Waals surface area contributed by atoms with E-state index in [0.717, 1.165) is 0 Å². The van der Waals surface area contributed by atoms with Crippen LogP contribution in [0.1, 0.15) is 34.9 Å². The van der Waals surface area contributed by atoms with Crippen molar-refractivity contribution in [1.29, 1.82) is 0 Å². The highest BCUT2D eigenvalue weighted by Crippen LogP contribution is 2.31. The summed E-state index contributed by atoms with van der Waals surface area (Å²) in [5.74, 6) is -0.938. The summed E-state index contributed by atoms with van der Waals surface area (Å²) in [5, 5.41) is 2.62. The van der Waals surface area contributed by atoms with Gasteiger partial charge in [-0.1, -0.05) is 30.3 Å². The van der Waals surface area contributed by atoms with E-state index in [0.29, 0.717) is 41.5 Å². The monoisotopic (exact) mass is 463 g/mol. The molecule has 4 rings (SSSR count). The van der Waals surface area contributed by atoms with E-state index in [-0.39, 0.29) is 18.6 Å². The fraction of sp³-hybridized carbons (Fsp3) is 0.192. The SMILES string of the molecule is O=C(CCC(=O)c1ccc2c(c1)OCCO2)OC(C(=O)Nc1ccc(F)cc1)c1ccccc1. The molecular weight excluding hydrogens is 441 g/mol. The van der Waals surface area contributed by atoms with Gasteiger partial charge in [-0.05, 0) is 42.5 Å². The number of anilines is 1. The summed E-state index contributed by atoms with van der Waals surface area (Å²) in [4.78, 5) is 38.0. The first-order valence-electron chi connectivity index (χ1n) is 10.7. The number of carbonyl (C=O) groups is 3. The maximum Gasteiger partial charge on any atom is 0.307 e. The van der Waals surface area contributed by atoms with Gasteiger partial charge in [0, 0.05) is 23.2 Å². The molecule has 0 fully saturated rings. The number of ether oxygens (including phenoxy) is 3. The Morgan fingerprint density at radius 3 is 2.32 bits per heavy atom. The molecule has 7 nitrogen and oxygen atoms in total. The molecule has 1 aliphatic heterocycles. The molecule has 3 aromatic carbocycles. The van der Waals surface area contributed by atoms with E-state index in [1.54, 1.807) is 48.5 Å². The van der Waals surface area contributed by atoms with Crippen LogP contribution < -0.4 is 14.8 Å². The van der Waals surface area contributed by atoms with E-state index in [1.165, 1.54) is 24.3 Å². The summed E-state index contributed by atoms with van der Waals surface area (Å²) in [6, 6.07) is 18.6. The number of Topliss-reactive ketones (excluding diaryl/α,β-unsaturated/α-hetero) is 1. The van der Waals surface area contributed by atoms with Crippen LogP contribution >= 0.6 is 0 Å². The van der Waals surface area contributed by atoms with Gasteiger partial charge in [0.25, 0.3) is 5.91 Å². The van der Waals surface area contributed by atoms with Gasteiger partial charge in [-0.15, -0.1) is 0 Å². The van der Waals surface area contributed by atoms with Crippen molar-refractivity contribution in [3.05, 3.63) is 89.7 Å². The lowest BCUT2D eigenvalue weighted by Gasteiger charge is -2.19. The van der Waals surface area contributed by atoms with Gasteiger partial charge in [-0.3, -0.25) is 14.4 Å². The van der Waals surface area contributed by atoms with Crippen LogP contribution in [0.4, 0.5) is 10.1 Å². The molecule has 1 N–H and O–H groups in total. The highest BCUT2D eigenvalue weighted by atomic mass is 19.1. The second-order valence-corrected chi connectivity index (χ2v) is 7.56. The maximum absolute atomic E-state index is 13.2. The fourth-order valence-corrected chi connectivity index (χ4v) is 3.41. The summed E-state index contributed by atoms with van der Waals surface area (Å²) < 4.78 is 29.5. The number of carbonyl (C=O) groups excluding carboxylic acids is 3. The van der Waals surface area contributed by atoms with Gasteiger partial charge < -0.3 is 19.5 Å². The van der Waals surface area contributed by atoms with Gasteiger partial charge in [-0.2, -0.15) is 0 Å². The Hall–Kier alpha value is -4.20. The van der Waals surface area contributed by atoms with E-state index in [2.05, 4.69) is 5.32 Å². The number of amides is 1. The molecule has 34 heavy (non-hydrogen) atoms. The minimum atomic E-state index is -1.23. The molecule has 1 amide bonds. The van der Waals surface area contributed by atoms with Crippen molar-refractivity contribution in [1.82, 2.24) is 0 Å².